The quantitative estimate of drug-likeness (QED) is 0.114. The average Bonchev–Trinajstić information content (AvgIpc) is 2.93. The van der Waals surface area contributed by atoms with Crippen LogP contribution in [0.4, 0.5) is 0 Å². The van der Waals surface area contributed by atoms with Gasteiger partial charge in [-0.1, -0.05) is 24.9 Å². The normalized spacial score (nSPS) is 10.6. The van der Waals surface area contributed by atoms with Crippen molar-refractivity contribution in [3.63, 3.8) is 0 Å². The minimum Gasteiger partial charge on any atom is -0.494 e. The topological polar surface area (TPSA) is 115 Å². The Morgan fingerprint density at radius 3 is 2.34 bits per heavy atom. The molecule has 38 heavy (non-hydrogen) atoms. The summed E-state index contributed by atoms with van der Waals surface area (Å²) in [6, 6.07) is 17.8. The lowest BCUT2D eigenvalue weighted by atomic mass is 10.2. The third-order valence-corrected chi connectivity index (χ3v) is 5.42. The van der Waals surface area contributed by atoms with Gasteiger partial charge in [-0.3, -0.25) is 9.59 Å². The van der Waals surface area contributed by atoms with Gasteiger partial charge in [-0.05, 0) is 78.7 Å². The molecule has 2 amide bonds. The first kappa shape index (κ1) is 28.2. The Kier molecular flexibility index (Phi) is 10.7. The predicted molar refractivity (Wildman–Crippen MR) is 144 cm³/mol. The Hall–Kier alpha value is -4.37. The van der Waals surface area contributed by atoms with E-state index in [2.05, 4.69) is 22.8 Å². The summed E-state index contributed by atoms with van der Waals surface area (Å²) in [5.41, 5.74) is 3.66. The molecule has 0 bridgehead atoms. The maximum absolute atomic E-state index is 12.6. The number of hydrogen-bond donors (Lipinski definition) is 2. The number of benzene rings is 3. The third kappa shape index (κ3) is 8.63. The van der Waals surface area contributed by atoms with Crippen molar-refractivity contribution in [3.05, 3.63) is 88.4 Å². The first-order valence-electron chi connectivity index (χ1n) is 11.9. The monoisotopic (exact) mass is 537 g/mol. The van der Waals surface area contributed by atoms with Crippen molar-refractivity contribution in [1.29, 1.82) is 0 Å². The molecule has 0 atom stereocenters. The highest BCUT2D eigenvalue weighted by Gasteiger charge is 2.13. The first-order chi connectivity index (χ1) is 18.4. The van der Waals surface area contributed by atoms with Crippen molar-refractivity contribution in [2.45, 2.75) is 19.8 Å². The summed E-state index contributed by atoms with van der Waals surface area (Å²) < 4.78 is 16.4. The van der Waals surface area contributed by atoms with E-state index in [9.17, 15) is 14.4 Å². The van der Waals surface area contributed by atoms with Crippen molar-refractivity contribution in [2.75, 3.05) is 20.3 Å². The molecule has 3 aromatic carbocycles. The molecule has 10 heteroatoms. The zero-order chi connectivity index (χ0) is 27.3. The van der Waals surface area contributed by atoms with Gasteiger partial charge in [0.15, 0.2) is 11.5 Å². The van der Waals surface area contributed by atoms with E-state index < -0.39 is 17.8 Å². The number of ether oxygens (including phenoxy) is 3. The Morgan fingerprint density at radius 2 is 1.66 bits per heavy atom. The van der Waals surface area contributed by atoms with E-state index in [1.807, 2.05) is 0 Å². The van der Waals surface area contributed by atoms with E-state index in [1.165, 1.54) is 13.3 Å². The third-order valence-electron chi connectivity index (χ3n) is 5.17. The second kappa shape index (κ2) is 14.4. The fourth-order valence-corrected chi connectivity index (χ4v) is 3.24. The van der Waals surface area contributed by atoms with Gasteiger partial charge in [0.25, 0.3) is 11.8 Å². The molecule has 3 rings (SSSR count). The number of nitrogens with zero attached hydrogens (tertiary/aromatic N) is 1. The molecule has 0 aromatic heterocycles. The summed E-state index contributed by atoms with van der Waals surface area (Å²) in [6.07, 6.45) is 3.39. The van der Waals surface area contributed by atoms with Crippen molar-refractivity contribution in [3.8, 4) is 17.2 Å². The fraction of sp³-hybridized carbons (Fsp3) is 0.214. The molecular formula is C28H28ClN3O6. The van der Waals surface area contributed by atoms with Gasteiger partial charge in [0, 0.05) is 10.6 Å². The summed E-state index contributed by atoms with van der Waals surface area (Å²) in [5.74, 6) is -0.241. The summed E-state index contributed by atoms with van der Waals surface area (Å²) in [7, 11) is 1.45. The highest BCUT2D eigenvalue weighted by molar-refractivity contribution is 6.30. The zero-order valence-corrected chi connectivity index (χ0v) is 21.8. The minimum atomic E-state index is -0.544. The van der Waals surface area contributed by atoms with Gasteiger partial charge in [-0.25, -0.2) is 10.2 Å². The van der Waals surface area contributed by atoms with Crippen LogP contribution < -0.4 is 25.0 Å². The Balaban J connectivity index is 1.51. The molecule has 0 aliphatic heterocycles. The molecule has 0 radical (unpaired) electrons. The first-order valence-corrected chi connectivity index (χ1v) is 12.3. The van der Waals surface area contributed by atoms with Crippen molar-refractivity contribution < 1.29 is 28.6 Å². The number of carbonyl (C=O) groups excluding carboxylic acids is 3. The predicted octanol–water partition coefficient (Wildman–Crippen LogP) is 4.63. The second-order valence-corrected chi connectivity index (χ2v) is 8.45. The molecule has 0 heterocycles. The number of methoxy groups -OCH3 is 1. The van der Waals surface area contributed by atoms with Crippen LogP contribution in [0, 0.1) is 0 Å². The summed E-state index contributed by atoms with van der Waals surface area (Å²) in [5, 5.41) is 6.89. The van der Waals surface area contributed by atoms with Crippen LogP contribution in [0.25, 0.3) is 0 Å². The van der Waals surface area contributed by atoms with E-state index in [-0.39, 0.29) is 12.3 Å². The van der Waals surface area contributed by atoms with Crippen LogP contribution in [0.2, 0.25) is 5.02 Å². The molecule has 0 saturated carbocycles. The Labute approximate surface area is 225 Å². The smallest absolute Gasteiger partial charge is 0.343 e. The van der Waals surface area contributed by atoms with Crippen LogP contribution in [0.1, 0.15) is 46.0 Å². The number of hydrogen-bond acceptors (Lipinski definition) is 7. The molecule has 0 spiro atoms. The molecule has 0 unspecified atom stereocenters. The number of nitrogens with one attached hydrogen (secondary N) is 2. The van der Waals surface area contributed by atoms with Gasteiger partial charge in [0.05, 0.1) is 32.0 Å². The van der Waals surface area contributed by atoms with Crippen molar-refractivity contribution in [1.82, 2.24) is 10.7 Å². The number of esters is 1. The zero-order valence-electron chi connectivity index (χ0n) is 21.0. The molecule has 9 nitrogen and oxygen atoms in total. The molecular weight excluding hydrogens is 510 g/mol. The molecule has 2 N–H and O–H groups in total. The maximum atomic E-state index is 12.6. The molecule has 198 valence electrons. The highest BCUT2D eigenvalue weighted by Crippen LogP contribution is 2.28. The van der Waals surface area contributed by atoms with Crippen LogP contribution >= 0.6 is 11.6 Å². The number of halogens is 1. The lowest BCUT2D eigenvalue weighted by Crippen LogP contribution is -2.34. The van der Waals surface area contributed by atoms with Gasteiger partial charge in [-0.15, -0.1) is 0 Å². The lowest BCUT2D eigenvalue weighted by molar-refractivity contribution is -0.120. The van der Waals surface area contributed by atoms with Gasteiger partial charge >= 0.3 is 5.97 Å². The molecule has 3 aromatic rings. The molecule has 0 aliphatic rings. The van der Waals surface area contributed by atoms with Crippen molar-refractivity contribution >= 4 is 35.6 Å². The van der Waals surface area contributed by atoms with Crippen LogP contribution in [0.15, 0.2) is 71.8 Å². The van der Waals surface area contributed by atoms with Crippen LogP contribution in [0.3, 0.4) is 0 Å². The van der Waals surface area contributed by atoms with Crippen LogP contribution in [-0.4, -0.2) is 44.3 Å². The van der Waals surface area contributed by atoms with Gasteiger partial charge in [0.1, 0.15) is 5.75 Å². The van der Waals surface area contributed by atoms with E-state index in [4.69, 9.17) is 25.8 Å². The minimum absolute atomic E-state index is 0.229. The van der Waals surface area contributed by atoms with E-state index in [0.717, 1.165) is 12.8 Å². The van der Waals surface area contributed by atoms with Gasteiger partial charge in [-0.2, -0.15) is 5.10 Å². The number of hydrazone groups is 1. The van der Waals surface area contributed by atoms with E-state index in [1.54, 1.807) is 66.7 Å². The lowest BCUT2D eigenvalue weighted by Gasteiger charge is -2.10. The summed E-state index contributed by atoms with van der Waals surface area (Å²) >= 11 is 5.80. The summed E-state index contributed by atoms with van der Waals surface area (Å²) in [6.45, 7) is 2.45. The molecule has 0 saturated heterocycles. The molecule has 0 fully saturated rings. The van der Waals surface area contributed by atoms with Crippen molar-refractivity contribution in [2.24, 2.45) is 5.10 Å². The molecule has 0 aliphatic carbocycles. The van der Waals surface area contributed by atoms with Gasteiger partial charge < -0.3 is 19.5 Å². The number of amides is 2. The number of rotatable bonds is 12. The van der Waals surface area contributed by atoms with Gasteiger partial charge in [0.2, 0.25) is 0 Å². The standard InChI is InChI=1S/C28H28ClN3O6/c1-3-4-15-37-23-12-8-21(9-13-23)28(35)38-24-14-5-19(16-25(24)36-2)17-31-32-26(33)18-30-27(34)20-6-10-22(29)11-7-20/h5-14,16-17H,3-4,15,18H2,1-2H3,(H,30,34)(H,32,33). The van der Waals surface area contributed by atoms with Crippen LogP contribution in [-0.2, 0) is 4.79 Å². The summed E-state index contributed by atoms with van der Waals surface area (Å²) in [4.78, 5) is 36.6. The SMILES string of the molecule is CCCCOc1ccc(C(=O)Oc2ccc(C=NNC(=O)CNC(=O)c3ccc(Cl)cc3)cc2OC)cc1. The highest BCUT2D eigenvalue weighted by atomic mass is 35.5. The Bertz CT molecular complexity index is 1280. The fourth-order valence-electron chi connectivity index (χ4n) is 3.11. The largest absolute Gasteiger partial charge is 0.494 e. The number of unbranched alkanes of at least 4 members (excludes halogenated alkanes) is 1. The maximum Gasteiger partial charge on any atom is 0.343 e. The van der Waals surface area contributed by atoms with E-state index in [0.29, 0.717) is 39.8 Å². The van der Waals surface area contributed by atoms with Crippen LogP contribution in [0.5, 0.6) is 17.2 Å². The number of carbonyl (C=O) groups is 3. The van der Waals surface area contributed by atoms with E-state index >= 15 is 0 Å². The Morgan fingerprint density at radius 1 is 0.947 bits per heavy atom. The average molecular weight is 538 g/mol. The second-order valence-electron chi connectivity index (χ2n) is 8.01.